The first-order valence-electron chi connectivity index (χ1n) is 9.56. The fourth-order valence-corrected chi connectivity index (χ4v) is 3.46. The van der Waals surface area contributed by atoms with Gasteiger partial charge in [-0.2, -0.15) is 18.4 Å². The summed E-state index contributed by atoms with van der Waals surface area (Å²) in [5.41, 5.74) is -0.107. The summed E-state index contributed by atoms with van der Waals surface area (Å²) >= 11 is 5.59. The lowest BCUT2D eigenvalue weighted by molar-refractivity contribution is -0.137. The average Bonchev–Trinajstić information content (AvgIpc) is 2.74. The molecule has 0 aliphatic carbocycles. The molecule has 5 nitrogen and oxygen atoms in total. The zero-order valence-corrected chi connectivity index (χ0v) is 17.2. The molecule has 0 saturated carbocycles. The van der Waals surface area contributed by atoms with Crippen molar-refractivity contribution >= 4 is 23.2 Å². The van der Waals surface area contributed by atoms with E-state index in [1.807, 2.05) is 29.2 Å². The highest BCUT2D eigenvalue weighted by Crippen LogP contribution is 2.36. The molecule has 31 heavy (non-hydrogen) atoms. The minimum absolute atomic E-state index is 0.0874. The van der Waals surface area contributed by atoms with Gasteiger partial charge in [-0.05, 0) is 23.8 Å². The van der Waals surface area contributed by atoms with E-state index in [1.165, 1.54) is 17.8 Å². The van der Waals surface area contributed by atoms with E-state index in [2.05, 4.69) is 22.3 Å². The van der Waals surface area contributed by atoms with Gasteiger partial charge in [-0.1, -0.05) is 41.9 Å². The third kappa shape index (κ3) is 6.23. The maximum atomic E-state index is 13.0. The number of anilines is 1. The van der Waals surface area contributed by atoms with E-state index in [1.54, 1.807) is 0 Å². The first-order valence-corrected chi connectivity index (χ1v) is 9.94. The van der Waals surface area contributed by atoms with Gasteiger partial charge in [-0.25, -0.2) is 0 Å². The van der Waals surface area contributed by atoms with Crippen LogP contribution in [0.25, 0.3) is 0 Å². The molecule has 1 fully saturated rings. The van der Waals surface area contributed by atoms with Crippen LogP contribution >= 0.6 is 11.6 Å². The molecule has 1 saturated heterocycles. The first kappa shape index (κ1) is 22.7. The van der Waals surface area contributed by atoms with E-state index >= 15 is 0 Å². The predicted molar refractivity (Wildman–Crippen MR) is 112 cm³/mol. The summed E-state index contributed by atoms with van der Waals surface area (Å²) in [7, 11) is 0. The van der Waals surface area contributed by atoms with Gasteiger partial charge < -0.3 is 10.2 Å². The largest absolute Gasteiger partial charge is 0.417 e. The van der Waals surface area contributed by atoms with Crippen LogP contribution in [0.5, 0.6) is 0 Å². The summed E-state index contributed by atoms with van der Waals surface area (Å²) < 4.78 is 39.0. The Morgan fingerprint density at radius 3 is 2.42 bits per heavy atom. The summed E-state index contributed by atoms with van der Waals surface area (Å²) in [6.45, 7) is 3.60. The average molecular weight is 449 g/mol. The Kier molecular flexibility index (Phi) is 7.21. The summed E-state index contributed by atoms with van der Waals surface area (Å²) in [4.78, 5) is 16.6. The number of nitriles is 1. The molecule has 0 radical (unpaired) electrons. The zero-order chi connectivity index (χ0) is 22.4. The number of carbonyl (C=O) groups excluding carboxylic acids is 1. The highest BCUT2D eigenvalue weighted by Gasteiger charge is 2.33. The number of amides is 1. The van der Waals surface area contributed by atoms with Gasteiger partial charge in [-0.15, -0.1) is 0 Å². The number of hydrogen-bond donors (Lipinski definition) is 1. The second-order valence-corrected chi connectivity index (χ2v) is 7.51. The van der Waals surface area contributed by atoms with E-state index in [-0.39, 0.29) is 11.3 Å². The second-order valence-electron chi connectivity index (χ2n) is 7.10. The lowest BCUT2D eigenvalue weighted by Gasteiger charge is -2.34. The number of carbonyl (C=O) groups is 1. The van der Waals surface area contributed by atoms with E-state index in [9.17, 15) is 23.2 Å². The molecule has 1 heterocycles. The molecule has 2 aromatic rings. The van der Waals surface area contributed by atoms with Crippen molar-refractivity contribution in [2.75, 3.05) is 31.5 Å². The Morgan fingerprint density at radius 1 is 1.13 bits per heavy atom. The van der Waals surface area contributed by atoms with Gasteiger partial charge >= 0.3 is 6.18 Å². The van der Waals surface area contributed by atoms with Crippen molar-refractivity contribution in [2.24, 2.45) is 0 Å². The smallest absolute Gasteiger partial charge is 0.374 e. The standard InChI is InChI=1S/C22H20ClF3N4O/c23-20-7-6-18(12-19(20)22(24,25)26)28-21(31)17(13-27)15-30-10-8-29(9-11-30)14-16-4-2-1-3-5-16/h1-7,12,15H,8-11,14H2,(H,28,31)/b17-15-. The van der Waals surface area contributed by atoms with Crippen molar-refractivity contribution < 1.29 is 18.0 Å². The molecule has 1 aliphatic rings. The molecule has 1 amide bonds. The fourth-order valence-electron chi connectivity index (χ4n) is 3.23. The predicted octanol–water partition coefficient (Wildman–Crippen LogP) is 4.52. The van der Waals surface area contributed by atoms with Crippen LogP contribution in [0, 0.1) is 11.3 Å². The van der Waals surface area contributed by atoms with Crippen molar-refractivity contribution in [3.05, 3.63) is 76.5 Å². The van der Waals surface area contributed by atoms with Crippen molar-refractivity contribution in [1.82, 2.24) is 9.80 Å². The molecule has 0 atom stereocenters. The van der Waals surface area contributed by atoms with Gasteiger partial charge in [0.1, 0.15) is 11.6 Å². The van der Waals surface area contributed by atoms with E-state index < -0.39 is 22.7 Å². The molecular weight excluding hydrogens is 429 g/mol. The zero-order valence-electron chi connectivity index (χ0n) is 16.5. The minimum atomic E-state index is -4.65. The third-order valence-corrected chi connectivity index (χ3v) is 5.19. The van der Waals surface area contributed by atoms with E-state index in [0.717, 1.165) is 31.8 Å². The quantitative estimate of drug-likeness (QED) is 0.539. The topological polar surface area (TPSA) is 59.4 Å². The van der Waals surface area contributed by atoms with Crippen molar-refractivity contribution in [3.8, 4) is 6.07 Å². The Balaban J connectivity index is 1.61. The summed E-state index contributed by atoms with van der Waals surface area (Å²) in [5.74, 6) is -0.773. The molecule has 0 spiro atoms. The van der Waals surface area contributed by atoms with Gasteiger partial charge in [0.2, 0.25) is 0 Å². The Morgan fingerprint density at radius 2 is 1.81 bits per heavy atom. The summed E-state index contributed by atoms with van der Waals surface area (Å²) in [6.07, 6.45) is -3.19. The number of piperazine rings is 1. The lowest BCUT2D eigenvalue weighted by atomic mass is 10.1. The number of nitrogens with zero attached hydrogens (tertiary/aromatic N) is 3. The monoisotopic (exact) mass is 448 g/mol. The maximum absolute atomic E-state index is 13.0. The molecule has 1 aliphatic heterocycles. The molecule has 0 unspecified atom stereocenters. The van der Waals surface area contributed by atoms with Crippen molar-refractivity contribution in [3.63, 3.8) is 0 Å². The lowest BCUT2D eigenvalue weighted by Crippen LogP contribution is -2.43. The summed E-state index contributed by atoms with van der Waals surface area (Å²) in [5, 5.41) is 11.2. The second kappa shape index (κ2) is 9.86. The van der Waals surface area contributed by atoms with Crippen LogP contribution in [0.3, 0.4) is 0 Å². The summed E-state index contributed by atoms with van der Waals surface area (Å²) in [6, 6.07) is 15.0. The molecule has 0 aromatic heterocycles. The Bertz CT molecular complexity index is 994. The van der Waals surface area contributed by atoms with Gasteiger partial charge in [0.15, 0.2) is 0 Å². The molecule has 162 valence electrons. The number of nitrogens with one attached hydrogen (secondary N) is 1. The molecule has 3 rings (SSSR count). The van der Waals surface area contributed by atoms with E-state index in [0.29, 0.717) is 13.1 Å². The van der Waals surface area contributed by atoms with E-state index in [4.69, 9.17) is 11.6 Å². The van der Waals surface area contributed by atoms with Crippen LogP contribution in [-0.4, -0.2) is 41.9 Å². The molecule has 2 aromatic carbocycles. The van der Waals surface area contributed by atoms with Crippen LogP contribution in [-0.2, 0) is 17.5 Å². The van der Waals surface area contributed by atoms with Gasteiger partial charge in [-0.3, -0.25) is 9.69 Å². The Hall–Kier alpha value is -3.02. The number of rotatable bonds is 5. The number of alkyl halides is 3. The molecule has 0 bridgehead atoms. The van der Waals surface area contributed by atoms with Crippen LogP contribution in [0.15, 0.2) is 60.3 Å². The normalized spacial score (nSPS) is 15.5. The fraction of sp³-hybridized carbons (Fsp3) is 0.273. The maximum Gasteiger partial charge on any atom is 0.417 e. The van der Waals surface area contributed by atoms with Gasteiger partial charge in [0.05, 0.1) is 10.6 Å². The minimum Gasteiger partial charge on any atom is -0.374 e. The van der Waals surface area contributed by atoms with Crippen LogP contribution < -0.4 is 5.32 Å². The number of hydrogen-bond acceptors (Lipinski definition) is 4. The van der Waals surface area contributed by atoms with Crippen molar-refractivity contribution in [2.45, 2.75) is 12.7 Å². The molecular formula is C22H20ClF3N4O. The molecule has 9 heteroatoms. The number of halogens is 4. The first-order chi connectivity index (χ1) is 14.8. The van der Waals surface area contributed by atoms with Crippen molar-refractivity contribution in [1.29, 1.82) is 5.26 Å². The highest BCUT2D eigenvalue weighted by molar-refractivity contribution is 6.31. The SMILES string of the molecule is N#C/C(=C/N1CCN(Cc2ccccc2)CC1)C(=O)Nc1ccc(Cl)c(C(F)(F)F)c1. The van der Waals surface area contributed by atoms with Crippen LogP contribution in [0.4, 0.5) is 18.9 Å². The van der Waals surface area contributed by atoms with Crippen LogP contribution in [0.2, 0.25) is 5.02 Å². The Labute approximate surface area is 183 Å². The van der Waals surface area contributed by atoms with Gasteiger partial charge in [0.25, 0.3) is 5.91 Å². The number of benzene rings is 2. The highest BCUT2D eigenvalue weighted by atomic mass is 35.5. The van der Waals surface area contributed by atoms with Gasteiger partial charge in [0, 0.05) is 44.6 Å². The van der Waals surface area contributed by atoms with Crippen LogP contribution in [0.1, 0.15) is 11.1 Å². The third-order valence-electron chi connectivity index (χ3n) is 4.86. The molecule has 1 N–H and O–H groups in total.